The zero-order valence-corrected chi connectivity index (χ0v) is 7.83. The van der Waals surface area contributed by atoms with Gasteiger partial charge in [0, 0.05) is 0 Å². The van der Waals surface area contributed by atoms with Crippen LogP contribution in [0.25, 0.3) is 0 Å². The van der Waals surface area contributed by atoms with Gasteiger partial charge < -0.3 is 5.73 Å². The summed E-state index contributed by atoms with van der Waals surface area (Å²) in [5, 5.41) is 0. The molecule has 0 amide bonds. The zero-order valence-electron chi connectivity index (χ0n) is 7.01. The Kier molecular flexibility index (Phi) is 2.15. The van der Waals surface area contributed by atoms with E-state index in [2.05, 4.69) is 11.8 Å². The van der Waals surface area contributed by atoms with Gasteiger partial charge in [-0.05, 0) is 55.1 Å². The molecule has 11 heavy (non-hydrogen) atoms. The maximum Gasteiger partial charge on any atom is -0.00176 e. The monoisotopic (exact) mass is 171 g/mol. The van der Waals surface area contributed by atoms with Crippen LogP contribution in [0.15, 0.2) is 0 Å². The smallest absolute Gasteiger partial charge is 0.00176 e. The van der Waals surface area contributed by atoms with E-state index in [4.69, 9.17) is 5.73 Å². The van der Waals surface area contributed by atoms with Crippen LogP contribution in [0.3, 0.4) is 0 Å². The topological polar surface area (TPSA) is 26.0 Å². The Morgan fingerprint density at radius 1 is 1.45 bits per heavy atom. The molecule has 64 valence electrons. The minimum atomic E-state index is 0.618. The Morgan fingerprint density at radius 3 is 2.73 bits per heavy atom. The number of hydrogen-bond donors (Lipinski definition) is 1. The van der Waals surface area contributed by atoms with Gasteiger partial charge in [0.15, 0.2) is 0 Å². The summed E-state index contributed by atoms with van der Waals surface area (Å²) in [6, 6.07) is 0. The molecule has 1 unspecified atom stereocenters. The minimum Gasteiger partial charge on any atom is -0.330 e. The molecule has 2 aliphatic rings. The van der Waals surface area contributed by atoms with E-state index >= 15 is 0 Å². The van der Waals surface area contributed by atoms with Crippen molar-refractivity contribution in [2.75, 3.05) is 18.1 Å². The third-order valence-electron chi connectivity index (χ3n) is 3.33. The maximum absolute atomic E-state index is 5.79. The zero-order chi connectivity index (χ0) is 7.73. The summed E-state index contributed by atoms with van der Waals surface area (Å²) in [6.45, 7) is 0.943. The second kappa shape index (κ2) is 2.98. The van der Waals surface area contributed by atoms with Crippen molar-refractivity contribution in [2.45, 2.75) is 25.7 Å². The van der Waals surface area contributed by atoms with Crippen molar-refractivity contribution in [1.29, 1.82) is 0 Å². The van der Waals surface area contributed by atoms with Gasteiger partial charge in [0.25, 0.3) is 0 Å². The average Bonchev–Trinajstić information content (AvgIpc) is 2.86. The predicted molar refractivity (Wildman–Crippen MR) is 50.8 cm³/mol. The van der Waals surface area contributed by atoms with Crippen molar-refractivity contribution >= 4 is 11.8 Å². The highest BCUT2D eigenvalue weighted by atomic mass is 32.2. The Morgan fingerprint density at radius 2 is 2.27 bits per heavy atom. The van der Waals surface area contributed by atoms with E-state index in [0.29, 0.717) is 5.41 Å². The quantitative estimate of drug-likeness (QED) is 0.686. The fourth-order valence-electron chi connectivity index (χ4n) is 2.16. The standard InChI is InChI=1S/C9H17NS/c10-7-9(3-4-9)8-2-1-5-11-6-8/h8H,1-7,10H2. The fourth-order valence-corrected chi connectivity index (χ4v) is 3.51. The molecule has 1 saturated carbocycles. The van der Waals surface area contributed by atoms with Gasteiger partial charge in [-0.2, -0.15) is 11.8 Å². The highest BCUT2D eigenvalue weighted by Gasteiger charge is 2.47. The first kappa shape index (κ1) is 7.93. The fraction of sp³-hybridized carbons (Fsp3) is 1.00. The molecule has 0 spiro atoms. The molecule has 1 nitrogen and oxygen atoms in total. The maximum atomic E-state index is 5.79. The molecule has 1 heterocycles. The predicted octanol–water partition coefficient (Wildman–Crippen LogP) is 1.87. The van der Waals surface area contributed by atoms with Crippen LogP contribution >= 0.6 is 11.8 Å². The van der Waals surface area contributed by atoms with Crippen LogP contribution in [0.5, 0.6) is 0 Å². The van der Waals surface area contributed by atoms with Gasteiger partial charge in [0.1, 0.15) is 0 Å². The lowest BCUT2D eigenvalue weighted by atomic mass is 9.87. The van der Waals surface area contributed by atoms with Crippen molar-refractivity contribution in [3.8, 4) is 0 Å². The first-order valence-corrected chi connectivity index (χ1v) is 5.81. The Bertz CT molecular complexity index is 136. The van der Waals surface area contributed by atoms with Crippen LogP contribution < -0.4 is 5.73 Å². The van der Waals surface area contributed by atoms with Crippen molar-refractivity contribution in [3.63, 3.8) is 0 Å². The Labute approximate surface area is 73.1 Å². The summed E-state index contributed by atoms with van der Waals surface area (Å²) in [7, 11) is 0. The molecule has 1 atom stereocenters. The highest BCUT2D eigenvalue weighted by molar-refractivity contribution is 7.99. The molecule has 1 aliphatic carbocycles. The van der Waals surface area contributed by atoms with Gasteiger partial charge in [0.2, 0.25) is 0 Å². The van der Waals surface area contributed by atoms with E-state index in [9.17, 15) is 0 Å². The summed E-state index contributed by atoms with van der Waals surface area (Å²) >= 11 is 2.13. The molecule has 0 aromatic carbocycles. The molecule has 1 saturated heterocycles. The van der Waals surface area contributed by atoms with Crippen LogP contribution in [0.2, 0.25) is 0 Å². The number of thioether (sulfide) groups is 1. The molecule has 0 radical (unpaired) electrons. The van der Waals surface area contributed by atoms with Gasteiger partial charge in [0.05, 0.1) is 0 Å². The molecule has 0 aromatic heterocycles. The van der Waals surface area contributed by atoms with E-state index in [1.807, 2.05) is 0 Å². The molecular formula is C9H17NS. The van der Waals surface area contributed by atoms with Crippen molar-refractivity contribution < 1.29 is 0 Å². The van der Waals surface area contributed by atoms with Crippen LogP contribution in [-0.2, 0) is 0 Å². The summed E-state index contributed by atoms with van der Waals surface area (Å²) < 4.78 is 0. The summed E-state index contributed by atoms with van der Waals surface area (Å²) in [4.78, 5) is 0. The Hall–Kier alpha value is 0.310. The average molecular weight is 171 g/mol. The van der Waals surface area contributed by atoms with Gasteiger partial charge in [-0.3, -0.25) is 0 Å². The van der Waals surface area contributed by atoms with Crippen LogP contribution in [0, 0.1) is 11.3 Å². The summed E-state index contributed by atoms with van der Waals surface area (Å²) in [5.74, 6) is 3.74. The second-order valence-electron chi connectivity index (χ2n) is 3.98. The molecule has 2 heteroatoms. The molecule has 0 aromatic rings. The normalized spacial score (nSPS) is 35.2. The van der Waals surface area contributed by atoms with E-state index in [0.717, 1.165) is 12.5 Å². The molecular weight excluding hydrogens is 154 g/mol. The minimum absolute atomic E-state index is 0.618. The van der Waals surface area contributed by atoms with Crippen molar-refractivity contribution in [3.05, 3.63) is 0 Å². The van der Waals surface area contributed by atoms with E-state index in [-0.39, 0.29) is 0 Å². The largest absolute Gasteiger partial charge is 0.330 e. The van der Waals surface area contributed by atoms with Crippen molar-refractivity contribution in [1.82, 2.24) is 0 Å². The first-order chi connectivity index (χ1) is 5.37. The lowest BCUT2D eigenvalue weighted by Crippen LogP contribution is -2.28. The molecule has 1 aliphatic heterocycles. The van der Waals surface area contributed by atoms with Gasteiger partial charge in [-0.15, -0.1) is 0 Å². The third-order valence-corrected chi connectivity index (χ3v) is 4.54. The first-order valence-electron chi connectivity index (χ1n) is 4.65. The number of rotatable bonds is 2. The molecule has 0 bridgehead atoms. The van der Waals surface area contributed by atoms with Crippen molar-refractivity contribution in [2.24, 2.45) is 17.1 Å². The van der Waals surface area contributed by atoms with E-state index in [1.165, 1.54) is 37.2 Å². The molecule has 2 N–H and O–H groups in total. The SMILES string of the molecule is NCC1(C2CCCSC2)CC1. The molecule has 2 fully saturated rings. The number of hydrogen-bond acceptors (Lipinski definition) is 2. The second-order valence-corrected chi connectivity index (χ2v) is 5.13. The van der Waals surface area contributed by atoms with Crippen LogP contribution in [0.1, 0.15) is 25.7 Å². The lowest BCUT2D eigenvalue weighted by Gasteiger charge is -2.28. The third kappa shape index (κ3) is 1.43. The highest BCUT2D eigenvalue weighted by Crippen LogP contribution is 2.54. The van der Waals surface area contributed by atoms with Crippen LogP contribution in [0.4, 0.5) is 0 Å². The van der Waals surface area contributed by atoms with Gasteiger partial charge in [-0.1, -0.05) is 0 Å². The van der Waals surface area contributed by atoms with Gasteiger partial charge >= 0.3 is 0 Å². The Balaban J connectivity index is 1.92. The van der Waals surface area contributed by atoms with E-state index in [1.54, 1.807) is 0 Å². The summed E-state index contributed by atoms with van der Waals surface area (Å²) in [5.41, 5.74) is 6.41. The van der Waals surface area contributed by atoms with Gasteiger partial charge in [-0.25, -0.2) is 0 Å². The lowest BCUT2D eigenvalue weighted by molar-refractivity contribution is 0.320. The summed E-state index contributed by atoms with van der Waals surface area (Å²) in [6.07, 6.45) is 5.70. The number of nitrogens with two attached hydrogens (primary N) is 1. The molecule has 2 rings (SSSR count). The van der Waals surface area contributed by atoms with E-state index < -0.39 is 0 Å². The van der Waals surface area contributed by atoms with Crippen LogP contribution in [-0.4, -0.2) is 18.1 Å².